The molecule has 0 bridgehead atoms. The van der Waals surface area contributed by atoms with Crippen LogP contribution in [0.15, 0.2) is 47.4 Å². The number of halogens is 2. The van der Waals surface area contributed by atoms with Gasteiger partial charge in [-0.3, -0.25) is 0 Å². The van der Waals surface area contributed by atoms with Crippen LogP contribution >= 0.6 is 0 Å². The monoisotopic (exact) mass is 518 g/mol. The standard InChI is InChI=1S/C26H28F2N2O5S/c1-16-10-24(22-7-5-20(12-23(22)28)36(31,32)30-9-8-17(27)13-30)29-25-11-18(4-6-21(16)25)33-14-19-15-34-26(2,3)35-19/h4-7,10-12,17,19H,8-9,13-15H2,1-3H3/t17-,19+/m0/s1. The Balaban J connectivity index is 1.40. The molecule has 2 aliphatic heterocycles. The SMILES string of the molecule is Cc1cc(-c2ccc(S(=O)(=O)N3CC[C@H](F)C3)cc2F)nc2cc(OC[C@@H]3COC(C)(C)O3)ccc12. The van der Waals surface area contributed by atoms with Crippen molar-refractivity contribution in [1.29, 1.82) is 0 Å². The van der Waals surface area contributed by atoms with Crippen LogP contribution in [0.2, 0.25) is 0 Å². The quantitative estimate of drug-likeness (QED) is 0.474. The van der Waals surface area contributed by atoms with Crippen molar-refractivity contribution < 1.29 is 31.4 Å². The maximum atomic E-state index is 15.1. The van der Waals surface area contributed by atoms with Gasteiger partial charge >= 0.3 is 0 Å². The van der Waals surface area contributed by atoms with Gasteiger partial charge in [0.25, 0.3) is 0 Å². The molecule has 10 heteroatoms. The number of aryl methyl sites for hydroxylation is 1. The van der Waals surface area contributed by atoms with E-state index in [0.717, 1.165) is 21.3 Å². The van der Waals surface area contributed by atoms with Gasteiger partial charge in [-0.15, -0.1) is 0 Å². The third-order valence-electron chi connectivity index (χ3n) is 6.44. The lowest BCUT2D eigenvalue weighted by Crippen LogP contribution is -2.29. The average molecular weight is 519 g/mol. The molecule has 0 radical (unpaired) electrons. The number of pyridine rings is 1. The number of nitrogens with zero attached hydrogens (tertiary/aromatic N) is 2. The van der Waals surface area contributed by atoms with Crippen LogP contribution in [-0.2, 0) is 19.5 Å². The van der Waals surface area contributed by atoms with Gasteiger partial charge in [-0.25, -0.2) is 22.2 Å². The topological polar surface area (TPSA) is 78.0 Å². The van der Waals surface area contributed by atoms with Crippen molar-refractivity contribution in [1.82, 2.24) is 9.29 Å². The first kappa shape index (κ1) is 25.0. The van der Waals surface area contributed by atoms with Crippen molar-refractivity contribution >= 4 is 20.9 Å². The maximum absolute atomic E-state index is 15.1. The summed E-state index contributed by atoms with van der Waals surface area (Å²) >= 11 is 0. The highest BCUT2D eigenvalue weighted by Gasteiger charge is 2.34. The Morgan fingerprint density at radius 3 is 2.67 bits per heavy atom. The Hall–Kier alpha value is -2.66. The van der Waals surface area contributed by atoms with Crippen LogP contribution in [0.5, 0.6) is 5.75 Å². The minimum absolute atomic E-state index is 0.0837. The van der Waals surface area contributed by atoms with Crippen LogP contribution < -0.4 is 4.74 Å². The molecule has 0 spiro atoms. The number of sulfonamides is 1. The van der Waals surface area contributed by atoms with Gasteiger partial charge < -0.3 is 14.2 Å². The molecule has 192 valence electrons. The van der Waals surface area contributed by atoms with Crippen molar-refractivity contribution in [3.63, 3.8) is 0 Å². The molecule has 0 saturated carbocycles. The summed E-state index contributed by atoms with van der Waals surface area (Å²) in [6.45, 7) is 6.24. The second kappa shape index (κ2) is 9.33. The molecule has 0 N–H and O–H groups in total. The minimum Gasteiger partial charge on any atom is -0.491 e. The van der Waals surface area contributed by atoms with E-state index in [1.54, 1.807) is 12.1 Å². The van der Waals surface area contributed by atoms with Gasteiger partial charge in [0.2, 0.25) is 10.0 Å². The van der Waals surface area contributed by atoms with Crippen molar-refractivity contribution in [3.05, 3.63) is 53.8 Å². The number of fused-ring (bicyclic) bond motifs is 1. The van der Waals surface area contributed by atoms with E-state index >= 15 is 4.39 Å². The molecule has 2 aliphatic rings. The fourth-order valence-electron chi connectivity index (χ4n) is 4.56. The predicted octanol–water partition coefficient (Wildman–Crippen LogP) is 4.61. The summed E-state index contributed by atoms with van der Waals surface area (Å²) in [6.07, 6.45) is -1.24. The molecule has 3 aromatic rings. The van der Waals surface area contributed by atoms with Crippen LogP contribution in [-0.4, -0.2) is 62.1 Å². The van der Waals surface area contributed by atoms with Crippen molar-refractivity contribution in [2.45, 2.75) is 50.2 Å². The summed E-state index contributed by atoms with van der Waals surface area (Å²) in [5.41, 5.74) is 2.05. The fraction of sp³-hybridized carbons (Fsp3) is 0.423. The van der Waals surface area contributed by atoms with E-state index in [-0.39, 0.29) is 36.1 Å². The van der Waals surface area contributed by atoms with Gasteiger partial charge in [0.1, 0.15) is 30.4 Å². The number of ether oxygens (including phenoxy) is 3. The highest BCUT2D eigenvalue weighted by molar-refractivity contribution is 7.89. The summed E-state index contributed by atoms with van der Waals surface area (Å²) in [5.74, 6) is -0.751. The average Bonchev–Trinajstić information content (AvgIpc) is 3.42. The van der Waals surface area contributed by atoms with Crippen LogP contribution in [0.4, 0.5) is 8.78 Å². The maximum Gasteiger partial charge on any atom is 0.243 e. The Morgan fingerprint density at radius 1 is 1.19 bits per heavy atom. The first-order valence-electron chi connectivity index (χ1n) is 11.8. The van der Waals surface area contributed by atoms with E-state index in [1.165, 1.54) is 12.1 Å². The van der Waals surface area contributed by atoms with Crippen LogP contribution in [0.1, 0.15) is 25.8 Å². The van der Waals surface area contributed by atoms with Gasteiger partial charge in [0, 0.05) is 30.1 Å². The van der Waals surface area contributed by atoms with Crippen molar-refractivity contribution in [3.8, 4) is 17.0 Å². The molecule has 1 aromatic heterocycles. The van der Waals surface area contributed by atoms with E-state index in [0.29, 0.717) is 30.2 Å². The lowest BCUT2D eigenvalue weighted by Gasteiger charge is -2.17. The zero-order valence-corrected chi connectivity index (χ0v) is 21.1. The van der Waals surface area contributed by atoms with Gasteiger partial charge in [0.15, 0.2) is 5.79 Å². The summed E-state index contributed by atoms with van der Waals surface area (Å²) in [4.78, 5) is 4.42. The zero-order valence-electron chi connectivity index (χ0n) is 20.3. The molecule has 2 aromatic carbocycles. The lowest BCUT2D eigenvalue weighted by atomic mass is 10.0. The van der Waals surface area contributed by atoms with E-state index in [4.69, 9.17) is 14.2 Å². The van der Waals surface area contributed by atoms with Gasteiger partial charge in [-0.05, 0) is 69.2 Å². The number of rotatable bonds is 6. The Labute approximate surface area is 209 Å². The Bertz CT molecular complexity index is 1410. The second-order valence-electron chi connectivity index (χ2n) is 9.66. The molecule has 7 nitrogen and oxygen atoms in total. The Kier molecular flexibility index (Phi) is 6.48. The van der Waals surface area contributed by atoms with E-state index in [2.05, 4.69) is 4.98 Å². The van der Waals surface area contributed by atoms with Crippen molar-refractivity contribution in [2.24, 2.45) is 0 Å². The molecular weight excluding hydrogens is 490 g/mol. The molecule has 3 heterocycles. The smallest absolute Gasteiger partial charge is 0.243 e. The third kappa shape index (κ3) is 4.95. The largest absolute Gasteiger partial charge is 0.491 e. The lowest BCUT2D eigenvalue weighted by molar-refractivity contribution is -0.141. The molecule has 0 unspecified atom stereocenters. The van der Waals surface area contributed by atoms with E-state index < -0.39 is 27.8 Å². The Morgan fingerprint density at radius 2 is 2.00 bits per heavy atom. The number of alkyl halides is 1. The first-order valence-corrected chi connectivity index (χ1v) is 13.3. The summed E-state index contributed by atoms with van der Waals surface area (Å²) in [6, 6.07) is 11.0. The molecule has 2 fully saturated rings. The highest BCUT2D eigenvalue weighted by atomic mass is 32.2. The molecule has 5 rings (SSSR count). The van der Waals surface area contributed by atoms with E-state index in [9.17, 15) is 12.8 Å². The molecule has 2 saturated heterocycles. The second-order valence-corrected chi connectivity index (χ2v) is 11.6. The number of hydrogen-bond donors (Lipinski definition) is 0. The van der Waals surface area contributed by atoms with E-state index in [1.807, 2.05) is 32.9 Å². The normalized spacial score (nSPS) is 22.4. The summed E-state index contributed by atoms with van der Waals surface area (Å²) in [7, 11) is -3.97. The predicted molar refractivity (Wildman–Crippen MR) is 131 cm³/mol. The molecule has 0 amide bonds. The highest BCUT2D eigenvalue weighted by Crippen LogP contribution is 2.31. The number of aromatic nitrogens is 1. The molecular formula is C26H28F2N2O5S. The minimum atomic E-state index is -3.97. The summed E-state index contributed by atoms with van der Waals surface area (Å²) in [5, 5.41) is 0.891. The van der Waals surface area contributed by atoms with Crippen molar-refractivity contribution in [2.75, 3.05) is 26.3 Å². The summed E-state index contributed by atoms with van der Waals surface area (Å²) < 4.78 is 72.5. The van der Waals surface area contributed by atoms with Crippen LogP contribution in [0, 0.1) is 12.7 Å². The van der Waals surface area contributed by atoms with Gasteiger partial charge in [-0.2, -0.15) is 4.31 Å². The third-order valence-corrected chi connectivity index (χ3v) is 8.30. The fourth-order valence-corrected chi connectivity index (χ4v) is 6.06. The first-order chi connectivity index (χ1) is 17.0. The number of hydrogen-bond acceptors (Lipinski definition) is 6. The molecule has 36 heavy (non-hydrogen) atoms. The molecule has 2 atom stereocenters. The zero-order chi connectivity index (χ0) is 25.7. The van der Waals surface area contributed by atoms with Gasteiger partial charge in [-0.1, -0.05) is 0 Å². The molecule has 0 aliphatic carbocycles. The van der Waals surface area contributed by atoms with Gasteiger partial charge in [0.05, 0.1) is 22.7 Å². The van der Waals surface area contributed by atoms with Crippen LogP contribution in [0.25, 0.3) is 22.2 Å². The number of benzene rings is 2. The van der Waals surface area contributed by atoms with Crippen LogP contribution in [0.3, 0.4) is 0 Å².